The van der Waals surface area contributed by atoms with Crippen molar-refractivity contribution in [3.05, 3.63) is 0 Å². The average molecular weight is 162 g/mol. The molecule has 0 saturated carbocycles. The monoisotopic (exact) mass is 162 g/mol. The Morgan fingerprint density at radius 3 is 2.90 bits per heavy atom. The van der Waals surface area contributed by atoms with Crippen LogP contribution in [0.4, 0.5) is 0 Å². The van der Waals surface area contributed by atoms with Crippen LogP contribution in [-0.4, -0.2) is 30.6 Å². The topological polar surface area (TPSA) is 50.1 Å². The summed E-state index contributed by atoms with van der Waals surface area (Å²) in [5.74, 6) is 0.576. The van der Waals surface area contributed by atoms with Crippen molar-refractivity contribution in [3.8, 4) is 0 Å². The second-order valence-electron chi connectivity index (χ2n) is 1.67. The third-order valence-corrected chi connectivity index (χ3v) is 1.73. The Labute approximate surface area is 65.3 Å². The van der Waals surface area contributed by atoms with E-state index in [0.717, 1.165) is 12.4 Å². The molecule has 0 atom stereocenters. The highest BCUT2D eigenvalue weighted by Crippen LogP contribution is 1.97. The highest BCUT2D eigenvalue weighted by molar-refractivity contribution is 7.99. The van der Waals surface area contributed by atoms with Crippen molar-refractivity contribution in [1.29, 1.82) is 0 Å². The van der Waals surface area contributed by atoms with E-state index in [4.69, 9.17) is 10.5 Å². The van der Waals surface area contributed by atoms with Gasteiger partial charge in [0, 0.05) is 12.4 Å². The van der Waals surface area contributed by atoms with Gasteiger partial charge < -0.3 is 4.74 Å². The molecule has 10 heavy (non-hydrogen) atoms. The number of carbonyl (C=O) groups is 1. The summed E-state index contributed by atoms with van der Waals surface area (Å²) in [6.45, 7) is 3.32. The molecule has 0 heterocycles. The lowest BCUT2D eigenvalue weighted by molar-refractivity contribution is -0.116. The van der Waals surface area contributed by atoms with Gasteiger partial charge in [0.2, 0.25) is 5.91 Å². The molecule has 59 valence electrons. The highest BCUT2D eigenvalue weighted by atomic mass is 32.2. The SMILES string of the molecule is CCOCCSCC([NH])=O. The first-order valence-electron chi connectivity index (χ1n) is 3.17. The summed E-state index contributed by atoms with van der Waals surface area (Å²) in [6.07, 6.45) is 0. The Kier molecular flexibility index (Phi) is 6.74. The molecule has 0 unspecified atom stereocenters. The smallest absolute Gasteiger partial charge is 0.248 e. The fourth-order valence-electron chi connectivity index (χ4n) is 0.427. The van der Waals surface area contributed by atoms with Gasteiger partial charge >= 0.3 is 0 Å². The molecule has 0 aromatic rings. The van der Waals surface area contributed by atoms with Crippen molar-refractivity contribution in [2.75, 3.05) is 24.7 Å². The molecule has 0 aliphatic rings. The predicted molar refractivity (Wildman–Crippen MR) is 41.9 cm³/mol. The molecule has 0 aliphatic heterocycles. The summed E-state index contributed by atoms with van der Waals surface area (Å²) < 4.78 is 5.02. The van der Waals surface area contributed by atoms with E-state index in [-0.39, 0.29) is 5.75 Å². The number of carbonyl (C=O) groups excluding carboxylic acids is 1. The van der Waals surface area contributed by atoms with Crippen molar-refractivity contribution in [2.45, 2.75) is 6.92 Å². The molecule has 0 aliphatic carbocycles. The molecule has 1 N–H and O–H groups in total. The van der Waals surface area contributed by atoms with Crippen LogP contribution in [0.3, 0.4) is 0 Å². The largest absolute Gasteiger partial charge is 0.381 e. The maximum Gasteiger partial charge on any atom is 0.248 e. The van der Waals surface area contributed by atoms with Crippen LogP contribution in [0.5, 0.6) is 0 Å². The molecular weight excluding hydrogens is 150 g/mol. The molecule has 1 radical (unpaired) electrons. The zero-order valence-corrected chi connectivity index (χ0v) is 6.87. The van der Waals surface area contributed by atoms with Crippen LogP contribution in [0.15, 0.2) is 0 Å². The van der Waals surface area contributed by atoms with Crippen LogP contribution >= 0.6 is 11.8 Å². The minimum absolute atomic E-state index is 0.285. The first kappa shape index (κ1) is 9.78. The van der Waals surface area contributed by atoms with Crippen LogP contribution in [-0.2, 0) is 9.53 Å². The second-order valence-corrected chi connectivity index (χ2v) is 2.78. The number of nitrogens with one attached hydrogen (secondary N) is 1. The molecule has 1 amide bonds. The van der Waals surface area contributed by atoms with Crippen molar-refractivity contribution in [3.63, 3.8) is 0 Å². The fourth-order valence-corrected chi connectivity index (χ4v) is 0.992. The number of amides is 1. The van der Waals surface area contributed by atoms with E-state index < -0.39 is 5.91 Å². The Bertz CT molecular complexity index is 97.7. The first-order chi connectivity index (χ1) is 4.77. The maximum absolute atomic E-state index is 10.1. The number of ether oxygens (including phenoxy) is 1. The second kappa shape index (κ2) is 6.89. The minimum Gasteiger partial charge on any atom is -0.381 e. The van der Waals surface area contributed by atoms with Gasteiger partial charge in [0.05, 0.1) is 12.4 Å². The van der Waals surface area contributed by atoms with Gasteiger partial charge in [-0.15, -0.1) is 11.8 Å². The van der Waals surface area contributed by atoms with Crippen molar-refractivity contribution in [1.82, 2.24) is 5.73 Å². The van der Waals surface area contributed by atoms with Gasteiger partial charge in [0.25, 0.3) is 0 Å². The summed E-state index contributed by atoms with van der Waals surface area (Å²) in [5.41, 5.74) is 6.56. The number of thioether (sulfide) groups is 1. The Hall–Kier alpha value is -0.220. The van der Waals surface area contributed by atoms with Gasteiger partial charge in [0.1, 0.15) is 0 Å². The van der Waals surface area contributed by atoms with E-state index in [9.17, 15) is 4.79 Å². The van der Waals surface area contributed by atoms with Crippen molar-refractivity contribution in [2.24, 2.45) is 0 Å². The zero-order chi connectivity index (χ0) is 7.82. The normalized spacial score (nSPS) is 9.70. The average Bonchev–Trinajstić information content (AvgIpc) is 1.87. The van der Waals surface area contributed by atoms with E-state index >= 15 is 0 Å². The van der Waals surface area contributed by atoms with E-state index in [1.165, 1.54) is 11.8 Å². The van der Waals surface area contributed by atoms with Gasteiger partial charge in [-0.1, -0.05) is 0 Å². The number of hydrogen-bond donors (Lipinski definition) is 0. The van der Waals surface area contributed by atoms with Crippen molar-refractivity contribution < 1.29 is 9.53 Å². The zero-order valence-electron chi connectivity index (χ0n) is 6.05. The number of hydrogen-bond acceptors (Lipinski definition) is 3. The van der Waals surface area contributed by atoms with Crippen LogP contribution in [0, 0.1) is 0 Å². The minimum atomic E-state index is -0.513. The van der Waals surface area contributed by atoms with Crippen LogP contribution < -0.4 is 5.73 Å². The Morgan fingerprint density at radius 1 is 1.70 bits per heavy atom. The molecule has 0 bridgehead atoms. The Balaban J connectivity index is 2.84. The summed E-state index contributed by atoms with van der Waals surface area (Å²) in [7, 11) is 0. The van der Waals surface area contributed by atoms with Crippen molar-refractivity contribution >= 4 is 17.7 Å². The summed E-state index contributed by atoms with van der Waals surface area (Å²) in [4.78, 5) is 10.1. The predicted octanol–water partition coefficient (Wildman–Crippen LogP) is 0.566. The molecule has 0 spiro atoms. The summed E-state index contributed by atoms with van der Waals surface area (Å²) >= 11 is 1.44. The molecule has 4 heteroatoms. The standard InChI is InChI=1S/C6H12NO2S/c1-2-9-3-4-10-5-6(7)8/h7H,2-5H2,1H3. The number of rotatable bonds is 6. The van der Waals surface area contributed by atoms with Gasteiger partial charge in [-0.2, -0.15) is 0 Å². The Morgan fingerprint density at radius 2 is 2.40 bits per heavy atom. The summed E-state index contributed by atoms with van der Waals surface area (Å²) in [5, 5.41) is 0. The third kappa shape index (κ3) is 7.78. The van der Waals surface area contributed by atoms with E-state index in [0.29, 0.717) is 6.61 Å². The van der Waals surface area contributed by atoms with Gasteiger partial charge in [-0.3, -0.25) is 10.5 Å². The quantitative estimate of drug-likeness (QED) is 0.536. The molecular formula is C6H12NO2S. The van der Waals surface area contributed by atoms with Gasteiger partial charge in [-0.25, -0.2) is 0 Å². The van der Waals surface area contributed by atoms with E-state index in [1.54, 1.807) is 0 Å². The molecule has 0 saturated heterocycles. The van der Waals surface area contributed by atoms with Crippen LogP contribution in [0.25, 0.3) is 0 Å². The molecule has 3 nitrogen and oxygen atoms in total. The molecule has 0 aromatic heterocycles. The molecule has 0 aromatic carbocycles. The van der Waals surface area contributed by atoms with Crippen LogP contribution in [0.1, 0.15) is 6.92 Å². The fraction of sp³-hybridized carbons (Fsp3) is 0.833. The van der Waals surface area contributed by atoms with Gasteiger partial charge in [0.15, 0.2) is 0 Å². The lowest BCUT2D eigenvalue weighted by Gasteiger charge is -1.97. The summed E-state index contributed by atoms with van der Waals surface area (Å²) in [6, 6.07) is 0. The van der Waals surface area contributed by atoms with E-state index in [2.05, 4.69) is 0 Å². The lowest BCUT2D eigenvalue weighted by atomic mass is 10.8. The highest BCUT2D eigenvalue weighted by Gasteiger charge is 1.93. The first-order valence-corrected chi connectivity index (χ1v) is 4.32. The van der Waals surface area contributed by atoms with Gasteiger partial charge in [-0.05, 0) is 6.92 Å². The third-order valence-electron chi connectivity index (χ3n) is 0.809. The van der Waals surface area contributed by atoms with E-state index in [1.807, 2.05) is 6.92 Å². The lowest BCUT2D eigenvalue weighted by Crippen LogP contribution is -2.04. The maximum atomic E-state index is 10.1. The van der Waals surface area contributed by atoms with Crippen LogP contribution in [0.2, 0.25) is 0 Å². The molecule has 0 rings (SSSR count). The molecule has 0 fully saturated rings.